The summed E-state index contributed by atoms with van der Waals surface area (Å²) < 4.78 is 41.3. The number of halogens is 3. The van der Waals surface area contributed by atoms with E-state index in [2.05, 4.69) is 55.9 Å². The standard InChI is InChI=1S/C37H40F3N5O3/c1-25-24-45(19-18-43(25)2)33-9-8-27(21-32(33)42-35(48)30-23-41-34(47)22-31(30)37(38,39)40)7-6-26-4-3-5-28(20-26)44-16-14-36(15-17-44)12-10-29(46)11-13-36/h3-5,8-9,20-23,25H,10-19,24H2,1-2H3,(H,41,47)(H,42,48)/t25-/m0/s1. The van der Waals surface area contributed by atoms with Gasteiger partial charge >= 0.3 is 6.18 Å². The van der Waals surface area contributed by atoms with Gasteiger partial charge < -0.3 is 25.0 Å². The number of pyridine rings is 1. The fourth-order valence-corrected chi connectivity index (χ4v) is 7.06. The average molecular weight is 660 g/mol. The number of aromatic amines is 1. The molecule has 1 saturated carbocycles. The Morgan fingerprint density at radius 2 is 1.62 bits per heavy atom. The third-order valence-corrected chi connectivity index (χ3v) is 10.3. The van der Waals surface area contributed by atoms with Crippen LogP contribution in [0.4, 0.5) is 30.2 Å². The van der Waals surface area contributed by atoms with E-state index in [1.807, 2.05) is 31.3 Å². The quantitative estimate of drug-likeness (QED) is 0.339. The van der Waals surface area contributed by atoms with E-state index in [0.717, 1.165) is 62.8 Å². The molecule has 2 N–H and O–H groups in total. The first-order valence-corrected chi connectivity index (χ1v) is 16.5. The number of ketones is 1. The number of piperazine rings is 1. The van der Waals surface area contributed by atoms with Crippen molar-refractivity contribution >= 4 is 28.8 Å². The molecule has 1 aromatic heterocycles. The van der Waals surface area contributed by atoms with E-state index in [4.69, 9.17) is 0 Å². The Labute approximate surface area is 278 Å². The highest BCUT2D eigenvalue weighted by Gasteiger charge is 2.38. The van der Waals surface area contributed by atoms with Crippen molar-refractivity contribution < 1.29 is 22.8 Å². The fraction of sp³-hybridized carbons (Fsp3) is 0.432. The van der Waals surface area contributed by atoms with Crippen molar-refractivity contribution in [2.75, 3.05) is 54.9 Å². The number of piperidine rings is 1. The molecule has 1 amide bonds. The molecule has 3 fully saturated rings. The molecule has 1 aliphatic carbocycles. The molecule has 3 heterocycles. The largest absolute Gasteiger partial charge is 0.417 e. The lowest BCUT2D eigenvalue weighted by atomic mass is 9.68. The van der Waals surface area contributed by atoms with E-state index < -0.39 is 28.8 Å². The second-order valence-electron chi connectivity index (χ2n) is 13.4. The number of carbonyl (C=O) groups excluding carboxylic acids is 2. The zero-order chi connectivity index (χ0) is 34.1. The molecule has 2 saturated heterocycles. The van der Waals surface area contributed by atoms with Crippen LogP contribution in [-0.2, 0) is 11.0 Å². The van der Waals surface area contributed by atoms with Crippen LogP contribution in [0.5, 0.6) is 0 Å². The first-order chi connectivity index (χ1) is 22.9. The average Bonchev–Trinajstić information content (AvgIpc) is 3.07. The van der Waals surface area contributed by atoms with Crippen molar-refractivity contribution in [2.45, 2.75) is 57.7 Å². The summed E-state index contributed by atoms with van der Waals surface area (Å²) in [6.07, 6.45) is 1.46. The highest BCUT2D eigenvalue weighted by Crippen LogP contribution is 2.44. The number of alkyl halides is 3. The Morgan fingerprint density at radius 1 is 0.917 bits per heavy atom. The van der Waals surface area contributed by atoms with Crippen LogP contribution in [0.15, 0.2) is 59.5 Å². The summed E-state index contributed by atoms with van der Waals surface area (Å²) in [7, 11) is 2.04. The number of anilines is 3. The van der Waals surface area contributed by atoms with Gasteiger partial charge in [0.1, 0.15) is 5.78 Å². The maximum absolute atomic E-state index is 13.8. The molecule has 3 aliphatic rings. The molecule has 48 heavy (non-hydrogen) atoms. The van der Waals surface area contributed by atoms with Gasteiger partial charge in [-0.15, -0.1) is 0 Å². The molecule has 1 atom stereocenters. The molecule has 252 valence electrons. The van der Waals surface area contributed by atoms with E-state index in [1.54, 1.807) is 6.07 Å². The molecule has 1 spiro atoms. The molecule has 2 aliphatic heterocycles. The minimum Gasteiger partial charge on any atom is -0.371 e. The predicted octanol–water partition coefficient (Wildman–Crippen LogP) is 5.92. The number of rotatable bonds is 4. The van der Waals surface area contributed by atoms with Crippen LogP contribution in [0.3, 0.4) is 0 Å². The van der Waals surface area contributed by atoms with Gasteiger partial charge in [0.05, 0.1) is 22.5 Å². The smallest absolute Gasteiger partial charge is 0.371 e. The Kier molecular flexibility index (Phi) is 9.39. The number of hydrogen-bond acceptors (Lipinski definition) is 6. The normalized spacial score (nSPS) is 19.9. The molecule has 2 aromatic carbocycles. The Balaban J connectivity index is 1.24. The molecule has 6 rings (SSSR count). The highest BCUT2D eigenvalue weighted by atomic mass is 19.4. The van der Waals surface area contributed by atoms with E-state index >= 15 is 0 Å². The lowest BCUT2D eigenvalue weighted by Gasteiger charge is -2.44. The molecule has 11 heteroatoms. The lowest BCUT2D eigenvalue weighted by Crippen LogP contribution is -2.50. The van der Waals surface area contributed by atoms with Crippen molar-refractivity contribution in [3.63, 3.8) is 0 Å². The number of nitrogens with one attached hydrogen (secondary N) is 2. The molecule has 0 bridgehead atoms. The maximum Gasteiger partial charge on any atom is 0.417 e. The van der Waals surface area contributed by atoms with Gasteiger partial charge in [-0.2, -0.15) is 13.2 Å². The summed E-state index contributed by atoms with van der Waals surface area (Å²) >= 11 is 0. The third-order valence-electron chi connectivity index (χ3n) is 10.3. The summed E-state index contributed by atoms with van der Waals surface area (Å²) in [6, 6.07) is 14.1. The second kappa shape index (κ2) is 13.5. The first kappa shape index (κ1) is 33.3. The molecule has 0 unspecified atom stereocenters. The van der Waals surface area contributed by atoms with Gasteiger partial charge in [-0.3, -0.25) is 14.4 Å². The summed E-state index contributed by atoms with van der Waals surface area (Å²) in [4.78, 5) is 45.7. The highest BCUT2D eigenvalue weighted by molar-refractivity contribution is 6.07. The van der Waals surface area contributed by atoms with Crippen molar-refractivity contribution in [1.29, 1.82) is 0 Å². The maximum atomic E-state index is 13.8. The molecule has 3 aromatic rings. The molecule has 0 radical (unpaired) electrons. The van der Waals surface area contributed by atoms with Crippen LogP contribution in [0.25, 0.3) is 0 Å². The van der Waals surface area contributed by atoms with E-state index in [0.29, 0.717) is 54.7 Å². The monoisotopic (exact) mass is 659 g/mol. The van der Waals surface area contributed by atoms with E-state index in [-0.39, 0.29) is 11.5 Å². The minimum atomic E-state index is -4.88. The zero-order valence-corrected chi connectivity index (χ0v) is 27.3. The summed E-state index contributed by atoms with van der Waals surface area (Å²) in [5, 5.41) is 2.69. The summed E-state index contributed by atoms with van der Waals surface area (Å²) in [5.74, 6) is 5.81. The number of nitrogens with zero attached hydrogens (tertiary/aromatic N) is 3. The number of hydrogen-bond donors (Lipinski definition) is 2. The van der Waals surface area contributed by atoms with Gasteiger partial charge in [-0.05, 0) is 81.5 Å². The Bertz CT molecular complexity index is 1800. The van der Waals surface area contributed by atoms with Crippen molar-refractivity contribution in [2.24, 2.45) is 5.41 Å². The number of benzene rings is 2. The number of carbonyl (C=O) groups is 2. The third kappa shape index (κ3) is 7.44. The summed E-state index contributed by atoms with van der Waals surface area (Å²) in [5.41, 5.74) is 0.890. The van der Waals surface area contributed by atoms with Crippen molar-refractivity contribution in [3.8, 4) is 11.8 Å². The van der Waals surface area contributed by atoms with Crippen LogP contribution >= 0.6 is 0 Å². The second-order valence-corrected chi connectivity index (χ2v) is 13.4. The van der Waals surface area contributed by atoms with Crippen LogP contribution < -0.4 is 20.7 Å². The van der Waals surface area contributed by atoms with Crippen LogP contribution in [0, 0.1) is 17.3 Å². The molecular formula is C37H40F3N5O3. The van der Waals surface area contributed by atoms with E-state index in [9.17, 15) is 27.6 Å². The lowest BCUT2D eigenvalue weighted by molar-refractivity contribution is -0.138. The van der Waals surface area contributed by atoms with Gasteiger partial charge in [0.2, 0.25) is 5.56 Å². The molecule has 8 nitrogen and oxygen atoms in total. The number of amides is 1. The first-order valence-electron chi connectivity index (χ1n) is 16.5. The number of H-pyrrole nitrogens is 1. The number of aromatic nitrogens is 1. The predicted molar refractivity (Wildman–Crippen MR) is 181 cm³/mol. The van der Waals surface area contributed by atoms with Crippen molar-refractivity contribution in [3.05, 3.63) is 87.3 Å². The minimum absolute atomic E-state index is 0.224. The van der Waals surface area contributed by atoms with Crippen molar-refractivity contribution in [1.82, 2.24) is 9.88 Å². The Hall–Kier alpha value is -4.56. The topological polar surface area (TPSA) is 88.7 Å². The SMILES string of the molecule is C[C@H]1CN(c2ccc(C#Cc3cccc(N4CCC5(CCC(=O)CC5)CC4)c3)cc2NC(=O)c2c[nH]c(=O)cc2C(F)(F)F)CCN1C. The number of likely N-dealkylation sites (N-methyl/N-ethyl adjacent to an activating group) is 1. The zero-order valence-electron chi connectivity index (χ0n) is 27.3. The van der Waals surface area contributed by atoms with Gasteiger partial charge in [0, 0.05) is 80.7 Å². The molecular weight excluding hydrogens is 619 g/mol. The fourth-order valence-electron chi connectivity index (χ4n) is 7.06. The Morgan fingerprint density at radius 3 is 2.31 bits per heavy atom. The number of Topliss-reactive ketones (excluding diaryl/α,β-unsaturated/α-hetero) is 1. The van der Waals surface area contributed by atoms with Crippen LogP contribution in [-0.4, -0.2) is 67.4 Å². The van der Waals surface area contributed by atoms with Gasteiger partial charge in [-0.1, -0.05) is 17.9 Å². The van der Waals surface area contributed by atoms with E-state index in [1.165, 1.54) is 0 Å². The van der Waals surface area contributed by atoms with Gasteiger partial charge in [-0.25, -0.2) is 0 Å². The van der Waals surface area contributed by atoms with Gasteiger partial charge in [0.15, 0.2) is 0 Å². The van der Waals surface area contributed by atoms with Crippen LogP contribution in [0.1, 0.15) is 72.5 Å². The van der Waals surface area contributed by atoms with Crippen LogP contribution in [0.2, 0.25) is 0 Å². The summed E-state index contributed by atoms with van der Waals surface area (Å²) in [6.45, 7) is 6.08. The van der Waals surface area contributed by atoms with Gasteiger partial charge in [0.25, 0.3) is 5.91 Å².